The van der Waals surface area contributed by atoms with Gasteiger partial charge >= 0.3 is 0 Å². The van der Waals surface area contributed by atoms with Crippen LogP contribution in [0.5, 0.6) is 0 Å². The Morgan fingerprint density at radius 3 is 1.20 bits per heavy atom. The van der Waals surface area contributed by atoms with Crippen LogP contribution >= 0.6 is 15.9 Å². The highest BCUT2D eigenvalue weighted by atomic mass is 79.9. The summed E-state index contributed by atoms with van der Waals surface area (Å²) in [5.74, 6) is 26.9. The smallest absolute Gasteiger partial charge is 0.172 e. The number of halogens is 1. The monoisotopic (exact) mass is 2120 g/mol. The lowest BCUT2D eigenvalue weighted by molar-refractivity contribution is -0.273. The Hall–Kier alpha value is -0.420. The van der Waals surface area contributed by atoms with Crippen molar-refractivity contribution in [1.82, 2.24) is 0 Å². The molecule has 19 saturated carbocycles. The molecule has 14 unspecified atom stereocenters. The van der Waals surface area contributed by atoms with Gasteiger partial charge in [0.2, 0.25) is 0 Å². The molecule has 4 N–H and O–H groups in total. The predicted octanol–water partition coefficient (Wildman–Crippen LogP) is 32.2. The number of rotatable bonds is 9. The number of alkyl halides is 1. The molecule has 0 aromatic carbocycles. The van der Waals surface area contributed by atoms with Gasteiger partial charge in [0.25, 0.3) is 0 Å². The molecular weight excluding hydrogens is 1890 g/mol. The van der Waals surface area contributed by atoms with Gasteiger partial charge in [-0.25, -0.2) is 0 Å². The average Bonchev–Trinajstić information content (AvgIpc) is 1.52. The molecule has 27 aliphatic rings. The van der Waals surface area contributed by atoms with Gasteiger partial charge in [0.15, 0.2) is 17.4 Å². The summed E-state index contributed by atoms with van der Waals surface area (Å²) in [6.07, 6.45) is 66.6. The van der Waals surface area contributed by atoms with E-state index in [1.165, 1.54) is 255 Å². The number of fused-ring (bicyclic) bond motifs is 33. The Kier molecular flexibility index (Phi) is 30.3. The molecule has 56 atom stereocenters. The van der Waals surface area contributed by atoms with Gasteiger partial charge in [0, 0.05) is 60.8 Å². The minimum absolute atomic E-state index is 0.0389. The number of ether oxygens (including phenoxy) is 8. The van der Waals surface area contributed by atoms with Gasteiger partial charge in [0.1, 0.15) is 6.10 Å². The molecule has 842 valence electrons. The minimum Gasteiger partial charge on any atom is -0.494 e. The minimum atomic E-state index is -0.357. The summed E-state index contributed by atoms with van der Waals surface area (Å²) < 4.78 is 53.7. The number of aliphatic hydroxyl groups excluding tert-OH is 4. The Labute approximate surface area is 912 Å². The second-order valence-corrected chi connectivity index (χ2v) is 65.1. The highest BCUT2D eigenvalue weighted by molar-refractivity contribution is 9.09. The van der Waals surface area contributed by atoms with Crippen LogP contribution in [-0.4, -0.2) is 124 Å². The molecule has 8 aliphatic heterocycles. The number of hydrogen-bond donors (Lipinski definition) is 4. The molecule has 3 spiro atoms. The van der Waals surface area contributed by atoms with E-state index in [4.69, 9.17) is 37.9 Å². The first-order valence-corrected chi connectivity index (χ1v) is 66.5. The largest absolute Gasteiger partial charge is 0.494 e. The van der Waals surface area contributed by atoms with Crippen molar-refractivity contribution in [1.29, 1.82) is 0 Å². The Balaban J connectivity index is 0.000000102. The van der Waals surface area contributed by atoms with E-state index in [-0.39, 0.29) is 42.3 Å². The molecule has 0 radical (unpaired) electrons. The lowest BCUT2D eigenvalue weighted by Crippen LogP contribution is -2.55. The van der Waals surface area contributed by atoms with Crippen LogP contribution in [0.25, 0.3) is 0 Å². The van der Waals surface area contributed by atoms with Crippen molar-refractivity contribution in [3.05, 3.63) is 11.3 Å². The molecule has 19 aliphatic carbocycles. The maximum absolute atomic E-state index is 10.3. The number of hydrogen-bond acceptors (Lipinski definition) is 12. The van der Waals surface area contributed by atoms with Gasteiger partial charge in [-0.1, -0.05) is 194 Å². The molecule has 7 saturated heterocycles. The SMILES string of the molecule is CC1=C(CC[C@@H](C)CO)O[C@H]2CC3C4CC[C@H]5C[C@@H](O)CC[C@]5(C)C4CC[C@]3(C)[C@@H]12.CC[C@H]1CC[C@@H]2[C@H](CC[C@]3(C)[C@@H]4[C@H](C[C@@H]23)OC(CCC(C)C)[C@H]4C)[C@@]1(C)CC.C[C@@H]1CO[C@]2(CC1Br)O[C@H]1CC3C4CC[C@@H]5C[C@@H](O)CC[C@]5(C)C4CC[C@]3(C)[C@H]1[C@@H]2C.C[C@H]1CC[C@@]2(OC1)O[C@H]1CC3C4CC[C@H]5C[C@@H](O)CC[C@]5(C)C4CC[C@]3(C)[C@H]1[C@@H]2C.C[C@H]1CC[C@]2(OC1)O[C@H]1CC3C4CC[C@H]5CCCC[C@]5(C)C4CC[C@]3(C)[C@H]1[C@@H]2C. The van der Waals surface area contributed by atoms with Gasteiger partial charge in [-0.3, -0.25) is 0 Å². The Morgan fingerprint density at radius 1 is 0.372 bits per heavy atom. The zero-order valence-electron chi connectivity index (χ0n) is 98.8. The molecule has 8 heterocycles. The van der Waals surface area contributed by atoms with Crippen LogP contribution in [0.4, 0.5) is 0 Å². The summed E-state index contributed by atoms with van der Waals surface area (Å²) in [5.41, 5.74) is 6.42. The van der Waals surface area contributed by atoms with Crippen molar-refractivity contribution in [2.45, 2.75) is 551 Å². The fourth-order valence-electron chi connectivity index (χ4n) is 49.3. The molecule has 0 amide bonds. The molecule has 12 nitrogen and oxygen atoms in total. The topological polar surface area (TPSA) is 155 Å². The first kappa shape index (κ1) is 110. The van der Waals surface area contributed by atoms with E-state index in [1.807, 2.05) is 0 Å². The lowest BCUT2D eigenvalue weighted by Gasteiger charge is -2.61. The summed E-state index contributed by atoms with van der Waals surface area (Å²) in [6.45, 7) is 60.2. The van der Waals surface area contributed by atoms with E-state index in [0.29, 0.717) is 155 Å². The number of allylic oxidation sites excluding steroid dienone is 1. The molecule has 26 fully saturated rings. The van der Waals surface area contributed by atoms with Crippen molar-refractivity contribution in [3.63, 3.8) is 0 Å². The van der Waals surface area contributed by atoms with Crippen molar-refractivity contribution in [2.75, 3.05) is 26.4 Å². The third-order valence-electron chi connectivity index (χ3n) is 57.7. The third kappa shape index (κ3) is 17.5. The van der Waals surface area contributed by atoms with Gasteiger partial charge in [-0.2, -0.15) is 0 Å². The molecule has 13 heteroatoms. The zero-order chi connectivity index (χ0) is 104. The van der Waals surface area contributed by atoms with E-state index in [0.717, 1.165) is 232 Å². The normalized spacial score (nSPS) is 58.4. The molecular formula is C135H223BrO12. The molecule has 0 aromatic rings. The molecule has 0 bridgehead atoms. The van der Waals surface area contributed by atoms with Crippen molar-refractivity contribution < 1.29 is 58.3 Å². The van der Waals surface area contributed by atoms with E-state index in [2.05, 4.69) is 175 Å². The van der Waals surface area contributed by atoms with Gasteiger partial charge in [-0.05, 0) is 507 Å². The van der Waals surface area contributed by atoms with Crippen LogP contribution in [0.15, 0.2) is 11.3 Å². The van der Waals surface area contributed by atoms with E-state index >= 15 is 0 Å². The fourth-order valence-corrected chi connectivity index (χ4v) is 50.0. The van der Waals surface area contributed by atoms with E-state index in [9.17, 15) is 20.4 Å². The summed E-state index contributed by atoms with van der Waals surface area (Å²) in [5, 5.41) is 40.3. The third-order valence-corrected chi connectivity index (χ3v) is 58.9. The lowest BCUT2D eigenvalue weighted by atomic mass is 9.44. The second-order valence-electron chi connectivity index (χ2n) is 63.9. The summed E-state index contributed by atoms with van der Waals surface area (Å²) in [7, 11) is 0. The maximum atomic E-state index is 10.3. The molecule has 27 rings (SSSR count). The van der Waals surface area contributed by atoms with Crippen LogP contribution < -0.4 is 0 Å². The van der Waals surface area contributed by atoms with Gasteiger partial charge in [-0.15, -0.1) is 0 Å². The van der Waals surface area contributed by atoms with Crippen LogP contribution in [0.2, 0.25) is 0 Å². The van der Waals surface area contributed by atoms with Crippen LogP contribution in [0, 0.1) is 255 Å². The zero-order valence-corrected chi connectivity index (χ0v) is 100. The van der Waals surface area contributed by atoms with Crippen LogP contribution in [0.3, 0.4) is 0 Å². The highest BCUT2D eigenvalue weighted by Gasteiger charge is 2.76. The quantitative estimate of drug-likeness (QED) is 0.162. The first-order chi connectivity index (χ1) is 70.4. The van der Waals surface area contributed by atoms with Crippen molar-refractivity contribution in [3.8, 4) is 0 Å². The van der Waals surface area contributed by atoms with Crippen molar-refractivity contribution >= 4 is 15.9 Å². The van der Waals surface area contributed by atoms with Gasteiger partial charge in [0.05, 0.1) is 74.4 Å². The molecule has 0 aromatic heterocycles. The van der Waals surface area contributed by atoms with Crippen LogP contribution in [0.1, 0.15) is 474 Å². The maximum Gasteiger partial charge on any atom is 0.172 e. The standard InChI is InChI=1S/C27H43BrO3.2C27H44O3.C27H44O2.C27H48O/c1-15-14-30-27(13-22(15)28)16(2)24-23(31-27)12-21-19-6-5-17-11-18(29)7-9-25(17,3)20(19)8-10-26(21,24)4;1-16-7-12-27(29-15-16)17(2)24-23(30-27)14-22-20-6-5-18-13-19(28)8-10-25(18,3)21(20)9-11-26(22,24)4;1-16(15-28)5-8-23-17(2)25-24(30-23)14-22-20-7-6-18-13-19(29)9-11-26(18,3)21(20)10-12-27(22,25)4;1-17-10-14-27(28-16-17)18(2)24-23(29-27)15-22-20-9-8-19-7-5-6-12-25(19,3)21(20)11-13-26(22,24)4;1-8-19-11-12-20-21(26(19,6)9-2)14-15-27(7)22(20)16-24-25(27)18(5)23(28-24)13-10-17(3)4/h15-24,29H,5-14H2,1-4H3;16-24,28H,5-15H2,1-4H3;16,18-22,24-25,28-29H,5-15H2,1-4H3;17-24H,5-16H2,1-4H3;17-25H,8-16H2,1-7H3/t15-,16+,17-,18+,19?,20?,21?,22?,23+,24+,25+,26+,27-;16-,17-,18-,19-,20?,21?,22?,23-,24-,25-,26-,27+;16-,18+,19+,20?,21?,22?,24+,25+,26+,27+;17-,18-,19+,20?,21?,22?,23-,24-,25-,26-,27-;18-,19+,20-,21+,22+,23?,24+,25+,26+,27+/m10101/s1. The predicted molar refractivity (Wildman–Crippen MR) is 599 cm³/mol. The van der Waals surface area contributed by atoms with Crippen molar-refractivity contribution in [2.24, 2.45) is 255 Å². The van der Waals surface area contributed by atoms with Crippen LogP contribution in [-0.2, 0) is 37.9 Å². The Bertz CT molecular complexity index is 4630. The summed E-state index contributed by atoms with van der Waals surface area (Å²) in [6, 6.07) is 0. The second kappa shape index (κ2) is 40.6. The first-order valence-electron chi connectivity index (χ1n) is 65.6. The number of aliphatic hydroxyl groups is 4. The highest BCUT2D eigenvalue weighted by Crippen LogP contribution is 2.79. The Morgan fingerprint density at radius 2 is 0.764 bits per heavy atom. The van der Waals surface area contributed by atoms with Gasteiger partial charge < -0.3 is 58.3 Å². The summed E-state index contributed by atoms with van der Waals surface area (Å²) in [4.78, 5) is 0.499. The fraction of sp³-hybridized carbons (Fsp3) is 0.985. The average molecular weight is 2120 g/mol. The van der Waals surface area contributed by atoms with E-state index in [1.54, 1.807) is 0 Å². The summed E-state index contributed by atoms with van der Waals surface area (Å²) >= 11 is 3.94. The molecule has 148 heavy (non-hydrogen) atoms. The van der Waals surface area contributed by atoms with E-state index < -0.39 is 0 Å².